The maximum Gasteiger partial charge on any atom is 0.0839 e. The van der Waals surface area contributed by atoms with Crippen molar-refractivity contribution >= 4 is 11.8 Å². The summed E-state index contributed by atoms with van der Waals surface area (Å²) < 4.78 is 1.95. The second-order valence-electron chi connectivity index (χ2n) is 2.95. The zero-order valence-corrected chi connectivity index (χ0v) is 6.54. The molecule has 1 aliphatic rings. The van der Waals surface area contributed by atoms with Crippen LogP contribution < -0.4 is 5.73 Å². The molecular formula is C8H11N3. The molecule has 0 fully saturated rings. The third-order valence-corrected chi connectivity index (χ3v) is 2.01. The molecule has 0 saturated heterocycles. The molecule has 0 amide bonds. The highest BCUT2D eigenvalue weighted by Crippen LogP contribution is 2.21. The van der Waals surface area contributed by atoms with Crippen LogP contribution in [0.3, 0.4) is 0 Å². The molecule has 0 unspecified atom stereocenters. The van der Waals surface area contributed by atoms with E-state index in [0.717, 1.165) is 24.3 Å². The third-order valence-electron chi connectivity index (χ3n) is 2.01. The van der Waals surface area contributed by atoms with E-state index < -0.39 is 0 Å². The zero-order valence-electron chi connectivity index (χ0n) is 6.54. The topological polar surface area (TPSA) is 43.8 Å². The Hall–Kier alpha value is -1.25. The number of hydrogen-bond donors (Lipinski definition) is 1. The fraction of sp³-hybridized carbons (Fsp3) is 0.375. The number of hydrogen-bond acceptors (Lipinski definition) is 2. The van der Waals surface area contributed by atoms with Crippen LogP contribution >= 0.6 is 0 Å². The van der Waals surface area contributed by atoms with Crippen LogP contribution in [-0.2, 0) is 6.54 Å². The molecule has 3 nitrogen and oxygen atoms in total. The van der Waals surface area contributed by atoms with Crippen LogP contribution in [-0.4, -0.2) is 9.78 Å². The predicted octanol–water partition coefficient (Wildman–Crippen LogP) is 1.27. The summed E-state index contributed by atoms with van der Waals surface area (Å²) in [5.41, 5.74) is 8.92. The molecule has 0 radical (unpaired) electrons. The van der Waals surface area contributed by atoms with Gasteiger partial charge in [0.05, 0.1) is 17.6 Å². The Balaban J connectivity index is 2.55. The molecule has 2 heterocycles. The highest BCUT2D eigenvalue weighted by molar-refractivity contribution is 5.63. The van der Waals surface area contributed by atoms with Gasteiger partial charge in [-0.1, -0.05) is 5.57 Å². The molecule has 58 valence electrons. The summed E-state index contributed by atoms with van der Waals surface area (Å²) in [6.45, 7) is 3.09. The molecule has 1 aliphatic heterocycles. The average molecular weight is 149 g/mol. The average Bonchev–Trinajstić information content (AvgIpc) is 2.33. The normalized spacial score (nSPS) is 15.9. The van der Waals surface area contributed by atoms with Crippen LogP contribution in [0.5, 0.6) is 0 Å². The maximum atomic E-state index is 5.70. The van der Waals surface area contributed by atoms with Gasteiger partial charge in [0, 0.05) is 6.54 Å². The Morgan fingerprint density at radius 2 is 2.45 bits per heavy atom. The molecule has 0 saturated carbocycles. The number of allylic oxidation sites excluding steroid dienone is 1. The Kier molecular flexibility index (Phi) is 1.24. The van der Waals surface area contributed by atoms with Gasteiger partial charge in [-0.15, -0.1) is 0 Å². The summed E-state index contributed by atoms with van der Waals surface area (Å²) >= 11 is 0. The molecule has 2 N–H and O–H groups in total. The highest BCUT2D eigenvalue weighted by atomic mass is 15.3. The van der Waals surface area contributed by atoms with E-state index in [1.807, 2.05) is 4.68 Å². The van der Waals surface area contributed by atoms with Crippen LogP contribution in [0.25, 0.3) is 6.08 Å². The van der Waals surface area contributed by atoms with Crippen LogP contribution in [0.2, 0.25) is 0 Å². The van der Waals surface area contributed by atoms with Crippen molar-refractivity contribution in [2.24, 2.45) is 0 Å². The lowest BCUT2D eigenvalue weighted by Gasteiger charge is -2.11. The first-order valence-electron chi connectivity index (χ1n) is 3.76. The number of rotatable bonds is 0. The summed E-state index contributed by atoms with van der Waals surface area (Å²) in [4.78, 5) is 0. The summed E-state index contributed by atoms with van der Waals surface area (Å²) in [5.74, 6) is 0. The van der Waals surface area contributed by atoms with Crippen molar-refractivity contribution in [3.63, 3.8) is 0 Å². The minimum absolute atomic E-state index is 0.782. The van der Waals surface area contributed by atoms with Gasteiger partial charge in [-0.2, -0.15) is 5.10 Å². The van der Waals surface area contributed by atoms with Crippen molar-refractivity contribution < 1.29 is 0 Å². The third kappa shape index (κ3) is 0.926. The Labute approximate surface area is 65.5 Å². The molecule has 1 aromatic heterocycles. The number of aromatic nitrogens is 2. The van der Waals surface area contributed by atoms with Gasteiger partial charge < -0.3 is 5.73 Å². The van der Waals surface area contributed by atoms with Crippen LogP contribution in [0.1, 0.15) is 19.0 Å². The molecule has 3 heteroatoms. The molecule has 0 aliphatic carbocycles. The Morgan fingerprint density at radius 3 is 3.27 bits per heavy atom. The molecule has 0 spiro atoms. The van der Waals surface area contributed by atoms with Gasteiger partial charge in [0.15, 0.2) is 0 Å². The summed E-state index contributed by atoms with van der Waals surface area (Å²) in [5, 5.41) is 4.14. The largest absolute Gasteiger partial charge is 0.396 e. The Morgan fingerprint density at radius 1 is 1.64 bits per heavy atom. The number of anilines is 1. The van der Waals surface area contributed by atoms with Crippen molar-refractivity contribution in [1.29, 1.82) is 0 Å². The van der Waals surface area contributed by atoms with Gasteiger partial charge in [-0.3, -0.25) is 4.68 Å². The van der Waals surface area contributed by atoms with Crippen LogP contribution in [0.15, 0.2) is 11.8 Å². The van der Waals surface area contributed by atoms with Gasteiger partial charge in [0.2, 0.25) is 0 Å². The first-order chi connectivity index (χ1) is 5.27. The second-order valence-corrected chi connectivity index (χ2v) is 2.95. The predicted molar refractivity (Wildman–Crippen MR) is 44.9 cm³/mol. The lowest BCUT2D eigenvalue weighted by Crippen LogP contribution is -2.07. The van der Waals surface area contributed by atoms with E-state index in [0.29, 0.717) is 0 Å². The van der Waals surface area contributed by atoms with Crippen molar-refractivity contribution in [2.45, 2.75) is 19.9 Å². The molecule has 0 atom stereocenters. The fourth-order valence-corrected chi connectivity index (χ4v) is 1.33. The van der Waals surface area contributed by atoms with E-state index in [2.05, 4.69) is 18.1 Å². The summed E-state index contributed by atoms with van der Waals surface area (Å²) in [7, 11) is 0. The zero-order chi connectivity index (χ0) is 7.84. The first-order valence-corrected chi connectivity index (χ1v) is 3.76. The van der Waals surface area contributed by atoms with E-state index in [1.54, 1.807) is 6.20 Å². The van der Waals surface area contributed by atoms with Gasteiger partial charge in [0.1, 0.15) is 0 Å². The second kappa shape index (κ2) is 2.12. The molecule has 2 rings (SSSR count). The lowest BCUT2D eigenvalue weighted by molar-refractivity contribution is 0.597. The van der Waals surface area contributed by atoms with E-state index >= 15 is 0 Å². The summed E-state index contributed by atoms with van der Waals surface area (Å²) in [6, 6.07) is 0. The highest BCUT2D eigenvalue weighted by Gasteiger charge is 2.10. The monoisotopic (exact) mass is 149 g/mol. The number of nitrogens with zero attached hydrogens (tertiary/aromatic N) is 2. The minimum Gasteiger partial charge on any atom is -0.396 e. The quantitative estimate of drug-likeness (QED) is 0.603. The van der Waals surface area contributed by atoms with Gasteiger partial charge >= 0.3 is 0 Å². The molecule has 1 aromatic rings. The van der Waals surface area contributed by atoms with E-state index in [1.165, 1.54) is 5.57 Å². The number of aryl methyl sites for hydroxylation is 1. The van der Waals surface area contributed by atoms with Crippen molar-refractivity contribution in [1.82, 2.24) is 9.78 Å². The molecule has 0 aromatic carbocycles. The fourth-order valence-electron chi connectivity index (χ4n) is 1.33. The smallest absolute Gasteiger partial charge is 0.0839 e. The van der Waals surface area contributed by atoms with Crippen LogP contribution in [0.4, 0.5) is 5.69 Å². The van der Waals surface area contributed by atoms with Crippen molar-refractivity contribution in [2.75, 3.05) is 5.73 Å². The first kappa shape index (κ1) is 6.46. The van der Waals surface area contributed by atoms with Crippen molar-refractivity contribution in [3.05, 3.63) is 17.5 Å². The molecular weight excluding hydrogens is 138 g/mol. The Bertz CT molecular complexity index is 309. The number of nitrogens with two attached hydrogens (primary N) is 1. The molecule has 0 bridgehead atoms. The molecule has 11 heavy (non-hydrogen) atoms. The van der Waals surface area contributed by atoms with E-state index in [9.17, 15) is 0 Å². The number of nitrogen functional groups attached to an aromatic ring is 1. The van der Waals surface area contributed by atoms with Crippen molar-refractivity contribution in [3.8, 4) is 0 Å². The van der Waals surface area contributed by atoms with Gasteiger partial charge in [-0.25, -0.2) is 0 Å². The van der Waals surface area contributed by atoms with E-state index in [4.69, 9.17) is 5.73 Å². The SMILES string of the molecule is CC1=Cc2c(N)cnn2CC1. The summed E-state index contributed by atoms with van der Waals surface area (Å²) in [6.07, 6.45) is 4.91. The standard InChI is InChI=1S/C8H11N3/c1-6-2-3-11-8(4-6)7(9)5-10-11/h4-5H,2-3,9H2,1H3. The van der Waals surface area contributed by atoms with Crippen LogP contribution in [0, 0.1) is 0 Å². The number of fused-ring (bicyclic) bond motifs is 1. The van der Waals surface area contributed by atoms with Gasteiger partial charge in [0.25, 0.3) is 0 Å². The maximum absolute atomic E-state index is 5.70. The van der Waals surface area contributed by atoms with Gasteiger partial charge in [-0.05, 0) is 19.4 Å². The van der Waals surface area contributed by atoms with E-state index in [-0.39, 0.29) is 0 Å². The lowest BCUT2D eigenvalue weighted by atomic mass is 10.1. The minimum atomic E-state index is 0.782.